The molecule has 0 aliphatic rings. The van der Waals surface area contributed by atoms with Gasteiger partial charge in [0, 0.05) is 18.2 Å². The van der Waals surface area contributed by atoms with Crippen LogP contribution in [0.15, 0.2) is 12.1 Å². The van der Waals surface area contributed by atoms with E-state index < -0.39 is 23.4 Å². The lowest BCUT2D eigenvalue weighted by Gasteiger charge is -2.10. The summed E-state index contributed by atoms with van der Waals surface area (Å²) in [7, 11) is 0. The Balaban J connectivity index is 3.18. The van der Waals surface area contributed by atoms with Gasteiger partial charge in [-0.25, -0.2) is 4.39 Å². The molecule has 0 unspecified atom stereocenters. The first-order valence-electron chi connectivity index (χ1n) is 3.70. The molecule has 0 heterocycles. The van der Waals surface area contributed by atoms with E-state index in [0.29, 0.717) is 0 Å². The maximum absolute atomic E-state index is 13.0. The summed E-state index contributed by atoms with van der Waals surface area (Å²) in [6, 6.07) is 1.50. The molecule has 0 saturated heterocycles. The molecule has 0 spiro atoms. The van der Waals surface area contributed by atoms with Crippen LogP contribution in [-0.2, 0) is 0 Å². The molecule has 5 N–H and O–H groups in total. The highest BCUT2D eigenvalue weighted by Crippen LogP contribution is 2.23. The van der Waals surface area contributed by atoms with Crippen molar-refractivity contribution in [1.82, 2.24) is 0 Å². The van der Waals surface area contributed by atoms with Crippen LogP contribution in [-0.4, -0.2) is 11.7 Å². The number of nitrogens with two attached hydrogens (primary N) is 2. The fourth-order valence-corrected chi connectivity index (χ4v) is 0.968. The van der Waals surface area contributed by atoms with Crippen LogP contribution < -0.4 is 11.5 Å². The molecule has 0 aromatic heterocycles. The highest BCUT2D eigenvalue weighted by molar-refractivity contribution is 5.31. The number of hydrogen-bond acceptors (Lipinski definition) is 3. The number of aromatic hydroxyl groups is 1. The minimum absolute atomic E-state index is 0.0150. The van der Waals surface area contributed by atoms with Gasteiger partial charge < -0.3 is 16.6 Å². The van der Waals surface area contributed by atoms with Gasteiger partial charge in [0.2, 0.25) is 5.82 Å². The average molecular weight is 188 g/mol. The van der Waals surface area contributed by atoms with Crippen molar-refractivity contribution in [3.8, 4) is 5.75 Å². The van der Waals surface area contributed by atoms with E-state index in [0.717, 1.165) is 6.07 Å². The van der Waals surface area contributed by atoms with Crippen molar-refractivity contribution in [2.24, 2.45) is 11.5 Å². The number of rotatable bonds is 2. The van der Waals surface area contributed by atoms with Crippen LogP contribution >= 0.6 is 0 Å². The van der Waals surface area contributed by atoms with Crippen molar-refractivity contribution >= 4 is 0 Å². The third kappa shape index (κ3) is 1.76. The molecule has 0 amide bonds. The van der Waals surface area contributed by atoms with Crippen molar-refractivity contribution in [2.75, 3.05) is 6.54 Å². The third-order valence-corrected chi connectivity index (χ3v) is 1.75. The molecule has 1 atom stereocenters. The maximum atomic E-state index is 13.0. The van der Waals surface area contributed by atoms with Crippen LogP contribution in [0.1, 0.15) is 11.6 Å². The summed E-state index contributed by atoms with van der Waals surface area (Å²) in [4.78, 5) is 0. The maximum Gasteiger partial charge on any atom is 0.200 e. The second-order valence-corrected chi connectivity index (χ2v) is 2.64. The molecule has 5 heteroatoms. The Kier molecular flexibility index (Phi) is 2.79. The molecule has 1 aromatic rings. The van der Waals surface area contributed by atoms with Gasteiger partial charge in [0.1, 0.15) is 0 Å². The second-order valence-electron chi connectivity index (χ2n) is 2.64. The molecular formula is C8H10F2N2O. The van der Waals surface area contributed by atoms with Crippen molar-refractivity contribution in [3.63, 3.8) is 0 Å². The molecule has 0 aliphatic heterocycles. The lowest BCUT2D eigenvalue weighted by Crippen LogP contribution is -2.22. The third-order valence-electron chi connectivity index (χ3n) is 1.75. The van der Waals surface area contributed by atoms with Gasteiger partial charge in [-0.15, -0.1) is 0 Å². The fourth-order valence-electron chi connectivity index (χ4n) is 0.968. The first-order valence-corrected chi connectivity index (χ1v) is 3.70. The Morgan fingerprint density at radius 3 is 2.46 bits per heavy atom. The van der Waals surface area contributed by atoms with E-state index in [1.54, 1.807) is 0 Å². The lowest BCUT2D eigenvalue weighted by atomic mass is 10.1. The molecule has 72 valence electrons. The smallest absolute Gasteiger partial charge is 0.200 e. The Hall–Kier alpha value is -1.20. The fraction of sp³-hybridized carbons (Fsp3) is 0.250. The minimum Gasteiger partial charge on any atom is -0.505 e. The summed E-state index contributed by atoms with van der Waals surface area (Å²) in [6.07, 6.45) is 0. The molecule has 0 bridgehead atoms. The molecule has 0 aliphatic carbocycles. The quantitative estimate of drug-likeness (QED) is 0.637. The summed E-state index contributed by atoms with van der Waals surface area (Å²) < 4.78 is 25.8. The monoisotopic (exact) mass is 188 g/mol. The summed E-state index contributed by atoms with van der Waals surface area (Å²) >= 11 is 0. The summed E-state index contributed by atoms with van der Waals surface area (Å²) in [5.41, 5.74) is 10.6. The molecule has 1 aromatic carbocycles. The lowest BCUT2D eigenvalue weighted by molar-refractivity contribution is 0.401. The normalized spacial score (nSPS) is 12.9. The van der Waals surface area contributed by atoms with Gasteiger partial charge in [0.25, 0.3) is 0 Å². The highest BCUT2D eigenvalue weighted by Gasteiger charge is 2.16. The topological polar surface area (TPSA) is 72.3 Å². The second kappa shape index (κ2) is 3.68. The van der Waals surface area contributed by atoms with E-state index in [-0.39, 0.29) is 12.1 Å². The van der Waals surface area contributed by atoms with Crippen LogP contribution in [0.2, 0.25) is 0 Å². The van der Waals surface area contributed by atoms with E-state index >= 15 is 0 Å². The predicted octanol–water partition coefficient (Wildman–Crippen LogP) is 0.629. The van der Waals surface area contributed by atoms with Gasteiger partial charge in [0.15, 0.2) is 11.6 Å². The first-order chi connectivity index (χ1) is 6.07. The standard InChI is InChI=1S/C8H10F2N2O/c9-7-4(5(12)3-11)1-2-6(13)8(7)10/h1-2,5,13H,3,11-12H2/t5-/m0/s1. The largest absolute Gasteiger partial charge is 0.505 e. The van der Waals surface area contributed by atoms with E-state index in [1.807, 2.05) is 0 Å². The van der Waals surface area contributed by atoms with E-state index in [4.69, 9.17) is 16.6 Å². The van der Waals surface area contributed by atoms with Crippen molar-refractivity contribution in [1.29, 1.82) is 0 Å². The van der Waals surface area contributed by atoms with Crippen molar-refractivity contribution < 1.29 is 13.9 Å². The minimum atomic E-state index is -1.29. The van der Waals surface area contributed by atoms with E-state index in [1.165, 1.54) is 6.07 Å². The number of phenols is 1. The number of halogens is 2. The zero-order valence-corrected chi connectivity index (χ0v) is 6.80. The van der Waals surface area contributed by atoms with Crippen LogP contribution in [0.5, 0.6) is 5.75 Å². The first kappa shape index (κ1) is 9.88. The number of benzene rings is 1. The van der Waals surface area contributed by atoms with Crippen LogP contribution in [0.25, 0.3) is 0 Å². The molecule has 0 saturated carbocycles. The Bertz CT molecular complexity index is 317. The van der Waals surface area contributed by atoms with Crippen molar-refractivity contribution in [3.05, 3.63) is 29.3 Å². The van der Waals surface area contributed by atoms with Gasteiger partial charge >= 0.3 is 0 Å². The van der Waals surface area contributed by atoms with Crippen molar-refractivity contribution in [2.45, 2.75) is 6.04 Å². The Morgan fingerprint density at radius 1 is 1.31 bits per heavy atom. The van der Waals surface area contributed by atoms with Crippen LogP contribution in [0.3, 0.4) is 0 Å². The molecule has 3 nitrogen and oxygen atoms in total. The van der Waals surface area contributed by atoms with Gasteiger partial charge in [-0.05, 0) is 6.07 Å². The zero-order valence-electron chi connectivity index (χ0n) is 6.80. The number of phenolic OH excluding ortho intramolecular Hbond substituents is 1. The van der Waals surface area contributed by atoms with Crippen LogP contribution in [0.4, 0.5) is 8.78 Å². The van der Waals surface area contributed by atoms with E-state index in [9.17, 15) is 8.78 Å². The average Bonchev–Trinajstić information content (AvgIpc) is 2.13. The van der Waals surface area contributed by atoms with Gasteiger partial charge in [0.05, 0.1) is 0 Å². The number of hydrogen-bond donors (Lipinski definition) is 3. The Labute approximate surface area is 74.0 Å². The summed E-state index contributed by atoms with van der Waals surface area (Å²) in [5.74, 6) is -3.16. The molecule has 0 radical (unpaired) electrons. The van der Waals surface area contributed by atoms with E-state index in [2.05, 4.69) is 0 Å². The highest BCUT2D eigenvalue weighted by atomic mass is 19.2. The summed E-state index contributed by atoms with van der Waals surface area (Å²) in [5, 5.41) is 8.79. The van der Waals surface area contributed by atoms with Crippen LogP contribution in [0, 0.1) is 11.6 Å². The summed E-state index contributed by atoms with van der Waals surface area (Å²) in [6.45, 7) is 0.0150. The molecular weight excluding hydrogens is 178 g/mol. The predicted molar refractivity (Wildman–Crippen MR) is 44.0 cm³/mol. The van der Waals surface area contributed by atoms with Gasteiger partial charge in [-0.3, -0.25) is 0 Å². The zero-order chi connectivity index (χ0) is 10.0. The molecule has 0 fully saturated rings. The SMILES string of the molecule is NC[C@H](N)c1ccc(O)c(F)c1F. The molecule has 1 rings (SSSR count). The molecule has 13 heavy (non-hydrogen) atoms. The Morgan fingerprint density at radius 2 is 1.92 bits per heavy atom. The van der Waals surface area contributed by atoms with Gasteiger partial charge in [-0.2, -0.15) is 4.39 Å². The van der Waals surface area contributed by atoms with Gasteiger partial charge in [-0.1, -0.05) is 6.07 Å².